The van der Waals surface area contributed by atoms with Crippen molar-refractivity contribution in [1.82, 2.24) is 5.32 Å². The Morgan fingerprint density at radius 3 is 2.69 bits per heavy atom. The maximum atomic E-state index is 12.4. The summed E-state index contributed by atoms with van der Waals surface area (Å²) in [6.07, 6.45) is -0.238. The van der Waals surface area contributed by atoms with Crippen molar-refractivity contribution >= 4 is 11.9 Å². The molecule has 0 aliphatic carbocycles. The van der Waals surface area contributed by atoms with Crippen LogP contribution in [0.1, 0.15) is 24.9 Å². The van der Waals surface area contributed by atoms with Crippen LogP contribution >= 0.6 is 0 Å². The SMILES string of the molecule is C[C@H](OC(=O)COc1ccccc1)C(=O)N[C@@H]1CCOc2ccccc21. The van der Waals surface area contributed by atoms with Gasteiger partial charge in [-0.05, 0) is 25.1 Å². The van der Waals surface area contributed by atoms with Crippen molar-refractivity contribution in [3.05, 3.63) is 60.2 Å². The van der Waals surface area contributed by atoms with Crippen LogP contribution in [0.2, 0.25) is 0 Å². The average Bonchev–Trinajstić information content (AvgIpc) is 2.67. The predicted octanol–water partition coefficient (Wildman–Crippen LogP) is 2.64. The molecule has 1 N–H and O–H groups in total. The summed E-state index contributed by atoms with van der Waals surface area (Å²) in [5, 5.41) is 2.92. The average molecular weight is 355 g/mol. The topological polar surface area (TPSA) is 73.9 Å². The van der Waals surface area contributed by atoms with Crippen molar-refractivity contribution in [3.63, 3.8) is 0 Å². The summed E-state index contributed by atoms with van der Waals surface area (Å²) >= 11 is 0. The molecule has 1 aliphatic heterocycles. The smallest absolute Gasteiger partial charge is 0.344 e. The Hall–Kier alpha value is -3.02. The maximum absolute atomic E-state index is 12.4. The standard InChI is InChI=1S/C20H21NO5/c1-14(26-19(22)13-25-15-7-3-2-4-8-15)20(23)21-17-11-12-24-18-10-6-5-9-16(17)18/h2-10,14,17H,11-13H2,1H3,(H,21,23)/t14-,17+/m0/s1. The van der Waals surface area contributed by atoms with Gasteiger partial charge < -0.3 is 19.5 Å². The molecule has 6 heteroatoms. The number of ether oxygens (including phenoxy) is 3. The molecule has 0 unspecified atom stereocenters. The van der Waals surface area contributed by atoms with Gasteiger partial charge in [-0.1, -0.05) is 36.4 Å². The molecule has 2 aromatic carbocycles. The third-order valence-electron chi connectivity index (χ3n) is 4.05. The van der Waals surface area contributed by atoms with Crippen molar-refractivity contribution in [2.45, 2.75) is 25.5 Å². The van der Waals surface area contributed by atoms with Crippen molar-refractivity contribution in [1.29, 1.82) is 0 Å². The monoisotopic (exact) mass is 355 g/mol. The number of esters is 1. The van der Waals surface area contributed by atoms with Crippen molar-refractivity contribution < 1.29 is 23.8 Å². The van der Waals surface area contributed by atoms with Crippen LogP contribution < -0.4 is 14.8 Å². The second-order valence-corrected chi connectivity index (χ2v) is 5.97. The van der Waals surface area contributed by atoms with E-state index >= 15 is 0 Å². The molecule has 2 aromatic rings. The summed E-state index contributed by atoms with van der Waals surface area (Å²) in [7, 11) is 0. The fraction of sp³-hybridized carbons (Fsp3) is 0.300. The fourth-order valence-electron chi connectivity index (χ4n) is 2.72. The number of para-hydroxylation sites is 2. The lowest BCUT2D eigenvalue weighted by atomic mass is 10.0. The minimum absolute atomic E-state index is 0.158. The van der Waals surface area contributed by atoms with E-state index in [2.05, 4.69) is 5.32 Å². The van der Waals surface area contributed by atoms with Gasteiger partial charge in [-0.15, -0.1) is 0 Å². The molecule has 1 aliphatic rings. The summed E-state index contributed by atoms with van der Waals surface area (Å²) in [5.74, 6) is 0.397. The largest absolute Gasteiger partial charge is 0.493 e. The highest BCUT2D eigenvalue weighted by Gasteiger charge is 2.26. The Morgan fingerprint density at radius 2 is 1.88 bits per heavy atom. The van der Waals surface area contributed by atoms with Crippen molar-refractivity contribution in [2.24, 2.45) is 0 Å². The van der Waals surface area contributed by atoms with Crippen LogP contribution in [0.15, 0.2) is 54.6 Å². The first-order valence-corrected chi connectivity index (χ1v) is 8.53. The molecule has 1 heterocycles. The normalized spacial score (nSPS) is 16.6. The van der Waals surface area contributed by atoms with Gasteiger partial charge in [-0.2, -0.15) is 0 Å². The number of hydrogen-bond donors (Lipinski definition) is 1. The number of nitrogens with one attached hydrogen (secondary N) is 1. The minimum Gasteiger partial charge on any atom is -0.493 e. The molecule has 6 nitrogen and oxygen atoms in total. The molecular weight excluding hydrogens is 334 g/mol. The Balaban J connectivity index is 1.50. The van der Waals surface area contributed by atoms with E-state index < -0.39 is 12.1 Å². The molecule has 26 heavy (non-hydrogen) atoms. The zero-order valence-corrected chi connectivity index (χ0v) is 14.5. The minimum atomic E-state index is -0.906. The van der Waals surface area contributed by atoms with Gasteiger partial charge in [0.25, 0.3) is 5.91 Å². The summed E-state index contributed by atoms with van der Waals surface area (Å²) in [6, 6.07) is 16.4. The molecule has 0 saturated heterocycles. The van der Waals surface area contributed by atoms with E-state index in [0.29, 0.717) is 18.8 Å². The molecule has 3 rings (SSSR count). The lowest BCUT2D eigenvalue weighted by molar-refractivity contribution is -0.156. The number of amides is 1. The number of rotatable bonds is 6. The second-order valence-electron chi connectivity index (χ2n) is 5.97. The van der Waals surface area contributed by atoms with Gasteiger partial charge in [0, 0.05) is 12.0 Å². The molecule has 0 saturated carbocycles. The molecule has 1 amide bonds. The maximum Gasteiger partial charge on any atom is 0.344 e. The van der Waals surface area contributed by atoms with Crippen LogP contribution in [0.4, 0.5) is 0 Å². The third-order valence-corrected chi connectivity index (χ3v) is 4.05. The van der Waals surface area contributed by atoms with Crippen LogP contribution in [0.5, 0.6) is 11.5 Å². The van der Waals surface area contributed by atoms with Gasteiger partial charge in [-0.25, -0.2) is 4.79 Å². The molecule has 2 atom stereocenters. The Kier molecular flexibility index (Phi) is 5.73. The summed E-state index contributed by atoms with van der Waals surface area (Å²) in [5.41, 5.74) is 0.929. The molecule has 136 valence electrons. The van der Waals surface area contributed by atoms with E-state index in [0.717, 1.165) is 11.3 Å². The van der Waals surface area contributed by atoms with Crippen LogP contribution in [0.3, 0.4) is 0 Å². The van der Waals surface area contributed by atoms with E-state index in [-0.39, 0.29) is 18.6 Å². The van der Waals surface area contributed by atoms with E-state index in [1.165, 1.54) is 0 Å². The van der Waals surface area contributed by atoms with E-state index in [1.807, 2.05) is 42.5 Å². The van der Waals surface area contributed by atoms with Crippen LogP contribution in [-0.2, 0) is 14.3 Å². The number of carbonyl (C=O) groups excluding carboxylic acids is 2. The first kappa shape index (κ1) is 17.8. The fourth-order valence-corrected chi connectivity index (χ4v) is 2.72. The highest BCUT2D eigenvalue weighted by atomic mass is 16.6. The predicted molar refractivity (Wildman–Crippen MR) is 94.9 cm³/mol. The molecule has 0 fully saturated rings. The summed E-state index contributed by atoms with van der Waals surface area (Å²) in [4.78, 5) is 24.2. The number of carbonyl (C=O) groups is 2. The molecular formula is C20H21NO5. The van der Waals surface area contributed by atoms with Gasteiger partial charge in [-0.3, -0.25) is 4.79 Å². The molecule has 0 spiro atoms. The Morgan fingerprint density at radius 1 is 1.15 bits per heavy atom. The molecule has 0 aromatic heterocycles. The molecule has 0 bridgehead atoms. The number of fused-ring (bicyclic) bond motifs is 1. The first-order valence-electron chi connectivity index (χ1n) is 8.53. The van der Waals surface area contributed by atoms with Crippen LogP contribution in [0.25, 0.3) is 0 Å². The van der Waals surface area contributed by atoms with Crippen molar-refractivity contribution in [3.8, 4) is 11.5 Å². The number of hydrogen-bond acceptors (Lipinski definition) is 5. The Labute approximate surface area is 152 Å². The van der Waals surface area contributed by atoms with Gasteiger partial charge in [0.05, 0.1) is 12.6 Å². The van der Waals surface area contributed by atoms with Gasteiger partial charge in [0.2, 0.25) is 0 Å². The van der Waals surface area contributed by atoms with Gasteiger partial charge in [0.1, 0.15) is 11.5 Å². The lowest BCUT2D eigenvalue weighted by Gasteiger charge is -2.27. The third kappa shape index (κ3) is 4.53. The van der Waals surface area contributed by atoms with Crippen molar-refractivity contribution in [2.75, 3.05) is 13.2 Å². The van der Waals surface area contributed by atoms with E-state index in [1.54, 1.807) is 19.1 Å². The number of benzene rings is 2. The quantitative estimate of drug-likeness (QED) is 0.807. The Bertz CT molecular complexity index is 762. The van der Waals surface area contributed by atoms with Gasteiger partial charge >= 0.3 is 5.97 Å². The van der Waals surface area contributed by atoms with Crippen LogP contribution in [-0.4, -0.2) is 31.2 Å². The summed E-state index contributed by atoms with van der Waals surface area (Å²) in [6.45, 7) is 1.82. The molecule has 0 radical (unpaired) electrons. The highest BCUT2D eigenvalue weighted by Crippen LogP contribution is 2.31. The van der Waals surface area contributed by atoms with E-state index in [9.17, 15) is 9.59 Å². The van der Waals surface area contributed by atoms with Crippen LogP contribution in [0, 0.1) is 0 Å². The first-order chi connectivity index (χ1) is 12.6. The second kappa shape index (κ2) is 8.38. The highest BCUT2D eigenvalue weighted by molar-refractivity contribution is 5.84. The zero-order valence-electron chi connectivity index (χ0n) is 14.5. The zero-order chi connectivity index (χ0) is 18.4. The van der Waals surface area contributed by atoms with E-state index in [4.69, 9.17) is 14.2 Å². The summed E-state index contributed by atoms with van der Waals surface area (Å²) < 4.78 is 16.1. The van der Waals surface area contributed by atoms with Gasteiger partial charge in [0.15, 0.2) is 12.7 Å². The lowest BCUT2D eigenvalue weighted by Crippen LogP contribution is -2.40.